The summed E-state index contributed by atoms with van der Waals surface area (Å²) < 4.78 is 11.7. The van der Waals surface area contributed by atoms with Gasteiger partial charge in [-0.3, -0.25) is 4.57 Å². The van der Waals surface area contributed by atoms with Crippen molar-refractivity contribution in [3.63, 3.8) is 0 Å². The lowest BCUT2D eigenvalue weighted by Crippen LogP contribution is -2.41. The zero-order valence-electron chi connectivity index (χ0n) is 9.79. The van der Waals surface area contributed by atoms with Crippen LogP contribution in [0.15, 0.2) is 29.4 Å². The van der Waals surface area contributed by atoms with E-state index in [4.69, 9.17) is 15.2 Å². The first kappa shape index (κ1) is 12.2. The first-order chi connectivity index (χ1) is 9.08. The third-order valence-corrected chi connectivity index (χ3v) is 3.23. The fraction of sp³-hybridized carbons (Fsp3) is 0.455. The van der Waals surface area contributed by atoms with Crippen LogP contribution in [0.1, 0.15) is 6.23 Å². The van der Waals surface area contributed by atoms with Crippen LogP contribution in [0.4, 0.5) is 5.82 Å². The van der Waals surface area contributed by atoms with Gasteiger partial charge in [-0.2, -0.15) is 4.98 Å². The van der Waals surface area contributed by atoms with Crippen molar-refractivity contribution in [1.82, 2.24) is 9.55 Å². The summed E-state index contributed by atoms with van der Waals surface area (Å²) in [5, 5.41) is 19.9. The van der Waals surface area contributed by atoms with Gasteiger partial charge in [-0.05, 0) is 12.1 Å². The average Bonchev–Trinajstić information content (AvgIpc) is 2.56. The Kier molecular flexibility index (Phi) is 2.77. The quantitative estimate of drug-likeness (QED) is 0.587. The van der Waals surface area contributed by atoms with Crippen LogP contribution < -0.4 is 11.4 Å². The number of aliphatic hydroxyl groups excluding tert-OH is 2. The molecule has 0 bridgehead atoms. The maximum atomic E-state index is 11.7. The molecule has 0 aromatic carbocycles. The molecular formula is C11H13N3O5. The molecule has 1 saturated heterocycles. The van der Waals surface area contributed by atoms with Crippen LogP contribution in [-0.2, 0) is 9.47 Å². The number of nitrogens with two attached hydrogens (primary N) is 1. The number of ether oxygens (including phenoxy) is 2. The Labute approximate surface area is 107 Å². The highest BCUT2D eigenvalue weighted by atomic mass is 16.6. The maximum absolute atomic E-state index is 11.7. The molecule has 102 valence electrons. The summed E-state index contributed by atoms with van der Waals surface area (Å²) in [5.74, 6) is 0.0797. The maximum Gasteiger partial charge on any atom is 0.351 e. The summed E-state index contributed by atoms with van der Waals surface area (Å²) in [6.45, 7) is 0. The molecule has 3 heterocycles. The number of hydrogen-bond acceptors (Lipinski definition) is 7. The Morgan fingerprint density at radius 3 is 2.68 bits per heavy atom. The summed E-state index contributed by atoms with van der Waals surface area (Å²) in [4.78, 5) is 15.2. The Morgan fingerprint density at radius 2 is 2.11 bits per heavy atom. The standard InChI is InChI=1S/C11H13N3O5/c12-6-1-3-14(11(17)13-6)10-8(16)7(15)9(19-10)5-2-4-18-5/h1-5,7-10,15-16H,(H2,12,13,17)/t5-,7+,8-,9-,10-/m1/s1. The van der Waals surface area contributed by atoms with Crippen LogP contribution in [-0.4, -0.2) is 44.2 Å². The number of aromatic nitrogens is 2. The molecule has 0 amide bonds. The molecule has 19 heavy (non-hydrogen) atoms. The van der Waals surface area contributed by atoms with Crippen LogP contribution in [0, 0.1) is 0 Å². The van der Waals surface area contributed by atoms with Gasteiger partial charge >= 0.3 is 5.69 Å². The Balaban J connectivity index is 1.89. The second-order valence-electron chi connectivity index (χ2n) is 4.44. The number of rotatable bonds is 2. The number of hydrogen-bond donors (Lipinski definition) is 3. The molecule has 0 aliphatic carbocycles. The van der Waals surface area contributed by atoms with Crippen molar-refractivity contribution < 1.29 is 19.7 Å². The lowest BCUT2D eigenvalue weighted by molar-refractivity contribution is -0.0865. The van der Waals surface area contributed by atoms with E-state index in [1.54, 1.807) is 6.08 Å². The van der Waals surface area contributed by atoms with Crippen LogP contribution in [0.2, 0.25) is 0 Å². The van der Waals surface area contributed by atoms with E-state index in [2.05, 4.69) is 4.98 Å². The third kappa shape index (κ3) is 1.89. The van der Waals surface area contributed by atoms with Crippen molar-refractivity contribution in [2.45, 2.75) is 30.6 Å². The number of nitrogen functional groups attached to an aromatic ring is 1. The summed E-state index contributed by atoms with van der Waals surface area (Å²) >= 11 is 0. The largest absolute Gasteiger partial charge is 0.491 e. The smallest absolute Gasteiger partial charge is 0.351 e. The lowest BCUT2D eigenvalue weighted by Gasteiger charge is -2.27. The second-order valence-corrected chi connectivity index (χ2v) is 4.44. The lowest BCUT2D eigenvalue weighted by atomic mass is 10.0. The van der Waals surface area contributed by atoms with Crippen molar-refractivity contribution in [2.75, 3.05) is 5.73 Å². The average molecular weight is 267 g/mol. The highest BCUT2D eigenvalue weighted by molar-refractivity contribution is 5.23. The SMILES string of the molecule is Nc1ccn([C@@H]2O[C@H]([C@H]3C=CO3)[C@@H](O)[C@H]2O)c(=O)n1. The highest BCUT2D eigenvalue weighted by Gasteiger charge is 2.48. The molecule has 8 heteroatoms. The van der Waals surface area contributed by atoms with Crippen LogP contribution in [0.5, 0.6) is 0 Å². The minimum atomic E-state index is -1.24. The molecule has 1 aromatic heterocycles. The molecule has 3 rings (SSSR count). The minimum absolute atomic E-state index is 0.0797. The van der Waals surface area contributed by atoms with Crippen molar-refractivity contribution in [3.8, 4) is 0 Å². The van der Waals surface area contributed by atoms with E-state index in [9.17, 15) is 15.0 Å². The van der Waals surface area contributed by atoms with E-state index in [1.165, 1.54) is 18.5 Å². The summed E-state index contributed by atoms with van der Waals surface area (Å²) in [6, 6.07) is 1.41. The third-order valence-electron chi connectivity index (χ3n) is 3.23. The molecule has 2 aliphatic heterocycles. The number of aliphatic hydroxyl groups is 2. The molecule has 0 radical (unpaired) electrons. The van der Waals surface area contributed by atoms with E-state index < -0.39 is 36.3 Å². The molecule has 1 fully saturated rings. The normalized spacial score (nSPS) is 36.8. The fourth-order valence-corrected chi connectivity index (χ4v) is 2.16. The first-order valence-electron chi connectivity index (χ1n) is 5.76. The first-order valence-corrected chi connectivity index (χ1v) is 5.76. The van der Waals surface area contributed by atoms with Crippen molar-refractivity contribution in [1.29, 1.82) is 0 Å². The molecule has 2 aliphatic rings. The molecule has 0 spiro atoms. The molecule has 0 unspecified atom stereocenters. The van der Waals surface area contributed by atoms with E-state index in [1.807, 2.05) is 0 Å². The van der Waals surface area contributed by atoms with E-state index in [-0.39, 0.29) is 5.82 Å². The predicted octanol–water partition coefficient (Wildman–Crippen LogP) is -1.64. The van der Waals surface area contributed by atoms with Gasteiger partial charge in [-0.15, -0.1) is 0 Å². The molecular weight excluding hydrogens is 254 g/mol. The van der Waals surface area contributed by atoms with Crippen LogP contribution in [0.25, 0.3) is 0 Å². The van der Waals surface area contributed by atoms with Gasteiger partial charge in [-0.1, -0.05) is 0 Å². The Hall–Kier alpha value is -1.90. The van der Waals surface area contributed by atoms with Crippen molar-refractivity contribution in [2.24, 2.45) is 0 Å². The fourth-order valence-electron chi connectivity index (χ4n) is 2.16. The van der Waals surface area contributed by atoms with E-state index in [0.29, 0.717) is 0 Å². The summed E-state index contributed by atoms with van der Waals surface area (Å²) in [6.07, 6.45) is -0.0231. The zero-order valence-corrected chi connectivity index (χ0v) is 9.79. The van der Waals surface area contributed by atoms with Gasteiger partial charge in [-0.25, -0.2) is 4.79 Å². The predicted molar refractivity (Wildman–Crippen MR) is 62.8 cm³/mol. The summed E-state index contributed by atoms with van der Waals surface area (Å²) in [7, 11) is 0. The van der Waals surface area contributed by atoms with Crippen LogP contribution in [0.3, 0.4) is 0 Å². The molecule has 5 atom stereocenters. The second kappa shape index (κ2) is 4.34. The van der Waals surface area contributed by atoms with Gasteiger partial charge in [0.05, 0.1) is 6.26 Å². The van der Waals surface area contributed by atoms with Gasteiger partial charge in [0.15, 0.2) is 6.23 Å². The molecule has 4 N–H and O–H groups in total. The van der Waals surface area contributed by atoms with Crippen molar-refractivity contribution >= 4 is 5.82 Å². The zero-order chi connectivity index (χ0) is 13.6. The van der Waals surface area contributed by atoms with Crippen molar-refractivity contribution in [3.05, 3.63) is 35.1 Å². The molecule has 1 aromatic rings. The van der Waals surface area contributed by atoms with Crippen LogP contribution >= 0.6 is 0 Å². The van der Waals surface area contributed by atoms with Gasteiger partial charge in [0.25, 0.3) is 0 Å². The van der Waals surface area contributed by atoms with Gasteiger partial charge in [0, 0.05) is 6.20 Å². The summed E-state index contributed by atoms with van der Waals surface area (Å²) in [5.41, 5.74) is 4.74. The number of nitrogens with zero attached hydrogens (tertiary/aromatic N) is 2. The Morgan fingerprint density at radius 1 is 1.37 bits per heavy atom. The Bertz CT molecular complexity index is 572. The van der Waals surface area contributed by atoms with E-state index in [0.717, 1.165) is 4.57 Å². The number of anilines is 1. The van der Waals surface area contributed by atoms with E-state index >= 15 is 0 Å². The van der Waals surface area contributed by atoms with Gasteiger partial charge in [0.2, 0.25) is 0 Å². The van der Waals surface area contributed by atoms with Gasteiger partial charge < -0.3 is 25.4 Å². The minimum Gasteiger partial charge on any atom is -0.491 e. The molecule has 8 nitrogen and oxygen atoms in total. The molecule has 0 saturated carbocycles. The monoisotopic (exact) mass is 267 g/mol. The topological polar surface area (TPSA) is 120 Å². The highest BCUT2D eigenvalue weighted by Crippen LogP contribution is 2.33. The van der Waals surface area contributed by atoms with Gasteiger partial charge in [0.1, 0.15) is 30.2 Å².